The summed E-state index contributed by atoms with van der Waals surface area (Å²) in [7, 11) is 0. The van der Waals surface area contributed by atoms with E-state index in [2.05, 4.69) is 5.32 Å². The second kappa shape index (κ2) is 6.31. The summed E-state index contributed by atoms with van der Waals surface area (Å²) in [5.74, 6) is 0. The van der Waals surface area contributed by atoms with Crippen LogP contribution >= 0.6 is 11.8 Å². The molecule has 0 fully saturated rings. The van der Waals surface area contributed by atoms with Gasteiger partial charge < -0.3 is 5.32 Å². The molecule has 0 bridgehead atoms. The van der Waals surface area contributed by atoms with Crippen molar-refractivity contribution in [1.82, 2.24) is 5.32 Å². The molecule has 0 saturated heterocycles. The molecule has 5 heteroatoms. The zero-order valence-corrected chi connectivity index (χ0v) is 10.6. The number of hydrogen-bond acceptors (Lipinski definition) is 2. The number of halogens is 3. The Labute approximate surface area is 104 Å². The highest BCUT2D eigenvalue weighted by atomic mass is 32.2. The summed E-state index contributed by atoms with van der Waals surface area (Å²) >= 11 is 1.54. The summed E-state index contributed by atoms with van der Waals surface area (Å²) in [5.41, 5.74) is 0.258. The lowest BCUT2D eigenvalue weighted by Crippen LogP contribution is -2.37. The van der Waals surface area contributed by atoms with E-state index >= 15 is 0 Å². The maximum Gasteiger partial charge on any atom is 0.407 e. The van der Waals surface area contributed by atoms with Crippen LogP contribution in [-0.2, 0) is 0 Å². The highest BCUT2D eigenvalue weighted by Gasteiger charge is 2.40. The van der Waals surface area contributed by atoms with Crippen LogP contribution in [0.15, 0.2) is 30.3 Å². The third kappa shape index (κ3) is 4.60. The Bertz CT molecular complexity index is 326. The summed E-state index contributed by atoms with van der Waals surface area (Å²) in [5, 5.41) is 2.74. The molecule has 1 nitrogen and oxygen atoms in total. The Balaban J connectivity index is 2.76. The average molecular weight is 263 g/mol. The van der Waals surface area contributed by atoms with Gasteiger partial charge in [-0.25, -0.2) is 0 Å². The van der Waals surface area contributed by atoms with Crippen molar-refractivity contribution in [2.75, 3.05) is 12.8 Å². The predicted molar refractivity (Wildman–Crippen MR) is 66.2 cm³/mol. The van der Waals surface area contributed by atoms with Crippen molar-refractivity contribution in [3.63, 3.8) is 0 Å². The first kappa shape index (κ1) is 14.4. The number of alkyl halides is 3. The smallest absolute Gasteiger partial charge is 0.301 e. The highest BCUT2D eigenvalue weighted by Crippen LogP contribution is 2.32. The van der Waals surface area contributed by atoms with Gasteiger partial charge in [-0.3, -0.25) is 0 Å². The highest BCUT2D eigenvalue weighted by molar-refractivity contribution is 7.99. The van der Waals surface area contributed by atoms with Crippen LogP contribution in [-0.4, -0.2) is 24.2 Å². The van der Waals surface area contributed by atoms with Crippen molar-refractivity contribution >= 4 is 11.8 Å². The molecule has 0 amide bonds. The van der Waals surface area contributed by atoms with E-state index in [1.165, 1.54) is 12.1 Å². The van der Waals surface area contributed by atoms with Crippen LogP contribution in [0.2, 0.25) is 0 Å². The number of benzene rings is 1. The van der Waals surface area contributed by atoms with Gasteiger partial charge in [0.25, 0.3) is 0 Å². The summed E-state index contributed by atoms with van der Waals surface area (Å²) < 4.78 is 38.7. The lowest BCUT2D eigenvalue weighted by Gasteiger charge is -2.23. The maximum atomic E-state index is 12.9. The largest absolute Gasteiger partial charge is 0.407 e. The van der Waals surface area contributed by atoms with E-state index in [1.54, 1.807) is 30.0 Å². The van der Waals surface area contributed by atoms with E-state index in [0.717, 1.165) is 0 Å². The Hall–Kier alpha value is -0.680. The normalized spacial score (nSPS) is 15.6. The first-order valence-electron chi connectivity index (χ1n) is 5.33. The van der Waals surface area contributed by atoms with Gasteiger partial charge in [-0.05, 0) is 11.8 Å². The Kier molecular flexibility index (Phi) is 5.33. The SMILES string of the molecule is CSC(C)CNC(c1ccccc1)C(F)(F)F. The summed E-state index contributed by atoms with van der Waals surface area (Å²) in [6.45, 7) is 2.23. The van der Waals surface area contributed by atoms with Gasteiger partial charge in [0.2, 0.25) is 0 Å². The molecule has 1 aromatic carbocycles. The van der Waals surface area contributed by atoms with Crippen molar-refractivity contribution < 1.29 is 13.2 Å². The van der Waals surface area contributed by atoms with Crippen LogP contribution in [0.4, 0.5) is 13.2 Å². The zero-order valence-electron chi connectivity index (χ0n) is 9.79. The molecule has 0 saturated carbocycles. The predicted octanol–water partition coefficient (Wildman–Crippen LogP) is 3.63. The molecule has 0 aromatic heterocycles. The van der Waals surface area contributed by atoms with Crippen molar-refractivity contribution in [1.29, 1.82) is 0 Å². The van der Waals surface area contributed by atoms with Crippen molar-refractivity contribution in [2.24, 2.45) is 0 Å². The Morgan fingerprint density at radius 1 is 1.24 bits per heavy atom. The molecule has 96 valence electrons. The molecule has 0 spiro atoms. The topological polar surface area (TPSA) is 12.0 Å². The molecule has 0 aliphatic heterocycles. The molecule has 0 aliphatic carbocycles. The van der Waals surface area contributed by atoms with Crippen LogP contribution in [0.3, 0.4) is 0 Å². The molecule has 2 atom stereocenters. The standard InChI is InChI=1S/C12H16F3NS/c1-9(17-2)8-16-11(12(13,14)15)10-6-4-3-5-7-10/h3-7,9,11,16H,8H2,1-2H3. The molecule has 1 rings (SSSR count). The zero-order chi connectivity index (χ0) is 12.9. The fourth-order valence-electron chi connectivity index (χ4n) is 1.44. The van der Waals surface area contributed by atoms with Gasteiger partial charge >= 0.3 is 6.18 Å². The molecule has 0 radical (unpaired) electrons. The second-order valence-electron chi connectivity index (χ2n) is 3.84. The van der Waals surface area contributed by atoms with Crippen molar-refractivity contribution in [3.8, 4) is 0 Å². The average Bonchev–Trinajstić information content (AvgIpc) is 2.28. The Morgan fingerprint density at radius 2 is 1.82 bits per heavy atom. The fraction of sp³-hybridized carbons (Fsp3) is 0.500. The lowest BCUT2D eigenvalue weighted by molar-refractivity contribution is -0.157. The van der Waals surface area contributed by atoms with Gasteiger partial charge in [0.1, 0.15) is 6.04 Å². The maximum absolute atomic E-state index is 12.9. The van der Waals surface area contributed by atoms with Crippen LogP contribution in [0, 0.1) is 0 Å². The van der Waals surface area contributed by atoms with Crippen LogP contribution in [0.25, 0.3) is 0 Å². The minimum Gasteiger partial charge on any atom is -0.301 e. The molecular weight excluding hydrogens is 247 g/mol. The van der Waals surface area contributed by atoms with Gasteiger partial charge in [-0.15, -0.1) is 0 Å². The monoisotopic (exact) mass is 263 g/mol. The molecule has 1 N–H and O–H groups in total. The van der Waals surface area contributed by atoms with E-state index in [1.807, 2.05) is 13.2 Å². The van der Waals surface area contributed by atoms with E-state index in [-0.39, 0.29) is 10.8 Å². The quantitative estimate of drug-likeness (QED) is 0.870. The number of nitrogens with one attached hydrogen (secondary N) is 1. The van der Waals surface area contributed by atoms with Crippen LogP contribution < -0.4 is 5.32 Å². The van der Waals surface area contributed by atoms with Gasteiger partial charge in [0.05, 0.1) is 0 Å². The number of thioether (sulfide) groups is 1. The van der Waals surface area contributed by atoms with Crippen LogP contribution in [0.5, 0.6) is 0 Å². The fourth-order valence-corrected chi connectivity index (χ4v) is 1.70. The van der Waals surface area contributed by atoms with Crippen LogP contribution in [0.1, 0.15) is 18.5 Å². The molecule has 0 heterocycles. The summed E-state index contributed by atoms with van der Waals surface area (Å²) in [6.07, 6.45) is -2.38. The van der Waals surface area contributed by atoms with E-state index in [0.29, 0.717) is 6.54 Å². The Morgan fingerprint density at radius 3 is 2.29 bits per heavy atom. The van der Waals surface area contributed by atoms with Gasteiger partial charge in [0.15, 0.2) is 0 Å². The van der Waals surface area contributed by atoms with E-state index in [9.17, 15) is 13.2 Å². The lowest BCUT2D eigenvalue weighted by atomic mass is 10.1. The number of rotatable bonds is 5. The summed E-state index contributed by atoms with van der Waals surface area (Å²) in [6, 6.07) is 6.35. The van der Waals surface area contributed by atoms with Gasteiger partial charge in [0, 0.05) is 11.8 Å². The minimum absolute atomic E-state index is 0.156. The van der Waals surface area contributed by atoms with Gasteiger partial charge in [-0.2, -0.15) is 24.9 Å². The molecular formula is C12H16F3NS. The first-order chi connectivity index (χ1) is 7.95. The second-order valence-corrected chi connectivity index (χ2v) is 5.12. The molecule has 17 heavy (non-hydrogen) atoms. The molecule has 2 unspecified atom stereocenters. The first-order valence-corrected chi connectivity index (χ1v) is 6.61. The number of hydrogen-bond donors (Lipinski definition) is 1. The van der Waals surface area contributed by atoms with Gasteiger partial charge in [-0.1, -0.05) is 37.3 Å². The van der Waals surface area contributed by atoms with E-state index in [4.69, 9.17) is 0 Å². The van der Waals surface area contributed by atoms with Crippen molar-refractivity contribution in [2.45, 2.75) is 24.4 Å². The molecule has 0 aliphatic rings. The van der Waals surface area contributed by atoms with Crippen molar-refractivity contribution in [3.05, 3.63) is 35.9 Å². The third-order valence-corrected chi connectivity index (χ3v) is 3.44. The summed E-state index contributed by atoms with van der Waals surface area (Å²) in [4.78, 5) is 0. The van der Waals surface area contributed by atoms with E-state index < -0.39 is 12.2 Å². The third-order valence-electron chi connectivity index (χ3n) is 2.47. The molecule has 1 aromatic rings. The minimum atomic E-state index is -4.26.